The molecule has 74 valence electrons. The molecule has 0 aliphatic carbocycles. The van der Waals surface area contributed by atoms with Gasteiger partial charge in [0.15, 0.2) is 0 Å². The summed E-state index contributed by atoms with van der Waals surface area (Å²) in [5.74, 6) is 0. The van der Waals surface area contributed by atoms with Crippen molar-refractivity contribution in [3.05, 3.63) is 24.2 Å². The standard InChI is InChI=1S/C10H14N4/c1-3-14-10-6-12-9(7(2)11)4-8(10)5-13-14/h4-7H,3,11H2,1-2H3. The molecule has 0 amide bonds. The minimum absolute atomic E-state index is 0.0237. The molecule has 4 nitrogen and oxygen atoms in total. The lowest BCUT2D eigenvalue weighted by Gasteiger charge is -2.04. The van der Waals surface area contributed by atoms with E-state index >= 15 is 0 Å². The van der Waals surface area contributed by atoms with E-state index in [1.54, 1.807) is 0 Å². The number of aromatic nitrogens is 3. The summed E-state index contributed by atoms with van der Waals surface area (Å²) < 4.78 is 1.92. The molecule has 4 heteroatoms. The third-order valence-electron chi connectivity index (χ3n) is 2.32. The summed E-state index contributed by atoms with van der Waals surface area (Å²) in [7, 11) is 0. The maximum absolute atomic E-state index is 5.75. The Bertz CT molecular complexity index is 444. The molecule has 0 radical (unpaired) electrons. The molecule has 0 aliphatic heterocycles. The number of aryl methyl sites for hydroxylation is 1. The van der Waals surface area contributed by atoms with Crippen LogP contribution >= 0.6 is 0 Å². The zero-order chi connectivity index (χ0) is 10.1. The van der Waals surface area contributed by atoms with Crippen molar-refractivity contribution in [2.45, 2.75) is 26.4 Å². The van der Waals surface area contributed by atoms with E-state index in [2.05, 4.69) is 17.0 Å². The van der Waals surface area contributed by atoms with Crippen molar-refractivity contribution in [1.82, 2.24) is 14.8 Å². The molecule has 1 unspecified atom stereocenters. The molecule has 2 N–H and O–H groups in total. The minimum Gasteiger partial charge on any atom is -0.323 e. The highest BCUT2D eigenvalue weighted by atomic mass is 15.3. The van der Waals surface area contributed by atoms with Crippen LogP contribution in [0.2, 0.25) is 0 Å². The zero-order valence-corrected chi connectivity index (χ0v) is 8.44. The monoisotopic (exact) mass is 190 g/mol. The van der Waals surface area contributed by atoms with E-state index in [0.29, 0.717) is 0 Å². The molecule has 0 aromatic carbocycles. The summed E-state index contributed by atoms with van der Waals surface area (Å²) in [6.45, 7) is 4.85. The predicted octanol–water partition coefficient (Wildman–Crippen LogP) is 1.47. The van der Waals surface area contributed by atoms with Gasteiger partial charge >= 0.3 is 0 Å². The van der Waals surface area contributed by atoms with Crippen LogP contribution < -0.4 is 5.73 Å². The quantitative estimate of drug-likeness (QED) is 0.780. The van der Waals surface area contributed by atoms with Gasteiger partial charge in [-0.3, -0.25) is 9.67 Å². The summed E-state index contributed by atoms with van der Waals surface area (Å²) >= 11 is 0. The average molecular weight is 190 g/mol. The second-order valence-corrected chi connectivity index (χ2v) is 3.42. The Hall–Kier alpha value is -1.42. The molecule has 0 aliphatic rings. The molecule has 2 rings (SSSR count). The maximum atomic E-state index is 5.75. The summed E-state index contributed by atoms with van der Waals surface area (Å²) in [6, 6.07) is 1.98. The van der Waals surface area contributed by atoms with Gasteiger partial charge in [0, 0.05) is 18.0 Å². The lowest BCUT2D eigenvalue weighted by Crippen LogP contribution is -2.07. The van der Waals surface area contributed by atoms with Crippen molar-refractivity contribution >= 4 is 10.9 Å². The third-order valence-corrected chi connectivity index (χ3v) is 2.32. The van der Waals surface area contributed by atoms with E-state index in [1.165, 1.54) is 0 Å². The third kappa shape index (κ3) is 1.37. The van der Waals surface area contributed by atoms with Crippen LogP contribution in [0.25, 0.3) is 10.9 Å². The van der Waals surface area contributed by atoms with E-state index in [1.807, 2.05) is 30.1 Å². The lowest BCUT2D eigenvalue weighted by atomic mass is 10.2. The van der Waals surface area contributed by atoms with Crippen LogP contribution in [0.5, 0.6) is 0 Å². The molecular weight excluding hydrogens is 176 g/mol. The SMILES string of the molecule is CCn1ncc2cc(C(C)N)ncc21. The van der Waals surface area contributed by atoms with Crippen LogP contribution in [-0.4, -0.2) is 14.8 Å². The number of nitrogens with zero attached hydrogens (tertiary/aromatic N) is 3. The summed E-state index contributed by atoms with van der Waals surface area (Å²) in [4.78, 5) is 4.30. The van der Waals surface area contributed by atoms with Gasteiger partial charge in [-0.1, -0.05) is 0 Å². The van der Waals surface area contributed by atoms with Crippen molar-refractivity contribution in [2.75, 3.05) is 0 Å². The van der Waals surface area contributed by atoms with E-state index in [9.17, 15) is 0 Å². The summed E-state index contributed by atoms with van der Waals surface area (Å²) in [5.41, 5.74) is 7.73. The van der Waals surface area contributed by atoms with Gasteiger partial charge < -0.3 is 5.73 Å². The highest BCUT2D eigenvalue weighted by Gasteiger charge is 2.05. The number of hydrogen-bond acceptors (Lipinski definition) is 3. The second-order valence-electron chi connectivity index (χ2n) is 3.42. The Labute approximate surface area is 82.7 Å². The lowest BCUT2D eigenvalue weighted by molar-refractivity contribution is 0.682. The van der Waals surface area contributed by atoms with E-state index in [0.717, 1.165) is 23.1 Å². The van der Waals surface area contributed by atoms with Gasteiger partial charge in [0.25, 0.3) is 0 Å². The molecule has 2 aromatic rings. The highest BCUT2D eigenvalue weighted by molar-refractivity contribution is 5.78. The first-order valence-electron chi connectivity index (χ1n) is 4.79. The molecule has 1 atom stereocenters. The fraction of sp³-hybridized carbons (Fsp3) is 0.400. The van der Waals surface area contributed by atoms with E-state index in [-0.39, 0.29) is 6.04 Å². The van der Waals surface area contributed by atoms with E-state index < -0.39 is 0 Å². The van der Waals surface area contributed by atoms with Gasteiger partial charge in [0.05, 0.1) is 23.6 Å². The number of pyridine rings is 1. The highest BCUT2D eigenvalue weighted by Crippen LogP contribution is 2.16. The van der Waals surface area contributed by atoms with Gasteiger partial charge in [-0.25, -0.2) is 0 Å². The Morgan fingerprint density at radius 3 is 2.93 bits per heavy atom. The van der Waals surface area contributed by atoms with Gasteiger partial charge in [0.1, 0.15) is 0 Å². The first-order chi connectivity index (χ1) is 6.72. The topological polar surface area (TPSA) is 56.7 Å². The van der Waals surface area contributed by atoms with Crippen LogP contribution in [0, 0.1) is 0 Å². The molecule has 14 heavy (non-hydrogen) atoms. The largest absolute Gasteiger partial charge is 0.323 e. The fourth-order valence-corrected chi connectivity index (χ4v) is 1.49. The van der Waals surface area contributed by atoms with Crippen LogP contribution in [0.4, 0.5) is 0 Å². The molecule has 0 saturated heterocycles. The summed E-state index contributed by atoms with van der Waals surface area (Å²) in [6.07, 6.45) is 3.69. The normalized spacial score (nSPS) is 13.4. The van der Waals surface area contributed by atoms with Crippen molar-refractivity contribution in [3.63, 3.8) is 0 Å². The van der Waals surface area contributed by atoms with Gasteiger partial charge in [-0.05, 0) is 19.9 Å². The van der Waals surface area contributed by atoms with Gasteiger partial charge in [-0.2, -0.15) is 5.10 Å². The average Bonchev–Trinajstić information content (AvgIpc) is 2.59. The van der Waals surface area contributed by atoms with Crippen LogP contribution in [0.15, 0.2) is 18.5 Å². The Morgan fingerprint density at radius 2 is 2.29 bits per heavy atom. The predicted molar refractivity (Wildman–Crippen MR) is 55.8 cm³/mol. The number of fused-ring (bicyclic) bond motifs is 1. The first-order valence-corrected chi connectivity index (χ1v) is 4.79. The van der Waals surface area contributed by atoms with Crippen molar-refractivity contribution in [1.29, 1.82) is 0 Å². The molecule has 0 saturated carbocycles. The zero-order valence-electron chi connectivity index (χ0n) is 8.44. The van der Waals surface area contributed by atoms with E-state index in [4.69, 9.17) is 5.73 Å². The number of nitrogens with two attached hydrogens (primary N) is 1. The first kappa shape index (κ1) is 9.15. The van der Waals surface area contributed by atoms with Gasteiger partial charge in [0.2, 0.25) is 0 Å². The molecule has 0 fully saturated rings. The Kier molecular flexibility index (Phi) is 2.21. The molecule has 2 heterocycles. The molecule has 0 bridgehead atoms. The van der Waals surface area contributed by atoms with Crippen molar-refractivity contribution in [3.8, 4) is 0 Å². The van der Waals surface area contributed by atoms with Crippen LogP contribution in [0.1, 0.15) is 25.6 Å². The van der Waals surface area contributed by atoms with Gasteiger partial charge in [-0.15, -0.1) is 0 Å². The van der Waals surface area contributed by atoms with Crippen LogP contribution in [-0.2, 0) is 6.54 Å². The Morgan fingerprint density at radius 1 is 1.50 bits per heavy atom. The Balaban J connectivity index is 2.57. The molecule has 2 aromatic heterocycles. The summed E-state index contributed by atoms with van der Waals surface area (Å²) in [5, 5.41) is 5.36. The number of hydrogen-bond donors (Lipinski definition) is 1. The maximum Gasteiger partial charge on any atom is 0.0865 e. The van der Waals surface area contributed by atoms with Crippen molar-refractivity contribution < 1.29 is 0 Å². The molecule has 0 spiro atoms. The second kappa shape index (κ2) is 3.38. The minimum atomic E-state index is -0.0237. The number of rotatable bonds is 2. The van der Waals surface area contributed by atoms with Crippen LogP contribution in [0.3, 0.4) is 0 Å². The molecular formula is C10H14N4. The smallest absolute Gasteiger partial charge is 0.0865 e. The fourth-order valence-electron chi connectivity index (χ4n) is 1.49. The van der Waals surface area contributed by atoms with Crippen molar-refractivity contribution in [2.24, 2.45) is 5.73 Å².